The zero-order valence-electron chi connectivity index (χ0n) is 17.5. The molecule has 8 heteroatoms. The summed E-state index contributed by atoms with van der Waals surface area (Å²) in [7, 11) is 0. The predicted octanol–water partition coefficient (Wildman–Crippen LogP) is 2.85. The van der Waals surface area contributed by atoms with E-state index in [1.807, 2.05) is 43.3 Å². The summed E-state index contributed by atoms with van der Waals surface area (Å²) in [6.07, 6.45) is 0.750. The van der Waals surface area contributed by atoms with Crippen LogP contribution in [0.15, 0.2) is 36.4 Å². The summed E-state index contributed by atoms with van der Waals surface area (Å²) in [4.78, 5) is 24.6. The molecule has 0 radical (unpaired) electrons. The van der Waals surface area contributed by atoms with Gasteiger partial charge in [0, 0.05) is 30.5 Å². The molecule has 0 saturated carbocycles. The maximum Gasteiger partial charge on any atom is 0.320 e. The summed E-state index contributed by atoms with van der Waals surface area (Å²) >= 11 is 0. The highest BCUT2D eigenvalue weighted by Crippen LogP contribution is 2.26. The Morgan fingerprint density at radius 3 is 2.66 bits per heavy atom. The van der Waals surface area contributed by atoms with E-state index in [-0.39, 0.29) is 23.4 Å². The summed E-state index contributed by atoms with van der Waals surface area (Å²) < 4.78 is 1.64. The van der Waals surface area contributed by atoms with Gasteiger partial charge in [-0.05, 0) is 12.0 Å². The fourth-order valence-corrected chi connectivity index (χ4v) is 3.14. The molecule has 1 aromatic carbocycles. The van der Waals surface area contributed by atoms with E-state index in [1.165, 1.54) is 0 Å². The average molecular weight is 399 g/mol. The van der Waals surface area contributed by atoms with E-state index >= 15 is 0 Å². The molecule has 4 N–H and O–H groups in total. The predicted molar refractivity (Wildman–Crippen MR) is 112 cm³/mol. The third kappa shape index (κ3) is 5.35. The molecule has 2 aromatic rings. The second-order valence-electron chi connectivity index (χ2n) is 8.35. The molecule has 0 aliphatic carbocycles. The Bertz CT molecular complexity index is 856. The third-order valence-electron chi connectivity index (χ3n) is 4.90. The fraction of sp³-hybridized carbons (Fsp3) is 0.476. The lowest BCUT2D eigenvalue weighted by Crippen LogP contribution is -2.53. The number of nitrogens with one attached hydrogen (secondary N) is 4. The molecule has 3 amide bonds. The van der Waals surface area contributed by atoms with Gasteiger partial charge in [-0.1, -0.05) is 58.0 Å². The monoisotopic (exact) mass is 398 g/mol. The minimum Gasteiger partial charge on any atom is -0.334 e. The molecule has 1 saturated heterocycles. The largest absolute Gasteiger partial charge is 0.334 e. The molecular weight excluding hydrogens is 368 g/mol. The molecule has 2 unspecified atom stereocenters. The Morgan fingerprint density at radius 2 is 2.00 bits per heavy atom. The Kier molecular flexibility index (Phi) is 6.22. The maximum atomic E-state index is 12.5. The number of hydrogen-bond acceptors (Lipinski definition) is 4. The highest BCUT2D eigenvalue weighted by molar-refractivity contribution is 5.88. The van der Waals surface area contributed by atoms with E-state index in [4.69, 9.17) is 0 Å². The number of aromatic nitrogens is 2. The van der Waals surface area contributed by atoms with Gasteiger partial charge >= 0.3 is 6.03 Å². The minimum absolute atomic E-state index is 0.0344. The molecule has 2 heterocycles. The van der Waals surface area contributed by atoms with Crippen molar-refractivity contribution in [1.29, 1.82) is 0 Å². The molecule has 3 rings (SSSR count). The molecule has 1 aliphatic rings. The van der Waals surface area contributed by atoms with Crippen molar-refractivity contribution in [2.75, 3.05) is 5.32 Å². The fourth-order valence-electron chi connectivity index (χ4n) is 3.14. The molecule has 8 nitrogen and oxygen atoms in total. The lowest BCUT2D eigenvalue weighted by molar-refractivity contribution is -0.125. The van der Waals surface area contributed by atoms with E-state index in [2.05, 4.69) is 47.1 Å². The normalized spacial score (nSPS) is 19.5. The van der Waals surface area contributed by atoms with E-state index in [1.54, 1.807) is 4.68 Å². The molecular formula is C21H30N6O2. The first-order valence-electron chi connectivity index (χ1n) is 10.0. The van der Waals surface area contributed by atoms with Gasteiger partial charge in [0.25, 0.3) is 0 Å². The zero-order valence-corrected chi connectivity index (χ0v) is 17.5. The summed E-state index contributed by atoms with van der Waals surface area (Å²) in [6, 6.07) is 11.3. The third-order valence-corrected chi connectivity index (χ3v) is 4.90. The van der Waals surface area contributed by atoms with Crippen LogP contribution in [-0.4, -0.2) is 27.8 Å². The molecule has 1 fully saturated rings. The van der Waals surface area contributed by atoms with Gasteiger partial charge in [-0.3, -0.25) is 15.4 Å². The van der Waals surface area contributed by atoms with Crippen LogP contribution >= 0.6 is 0 Å². The van der Waals surface area contributed by atoms with Gasteiger partial charge in [0.05, 0.1) is 5.69 Å². The van der Waals surface area contributed by atoms with Crippen LogP contribution in [0, 0.1) is 0 Å². The van der Waals surface area contributed by atoms with Crippen molar-refractivity contribution in [1.82, 2.24) is 25.7 Å². The van der Waals surface area contributed by atoms with Gasteiger partial charge in [-0.15, -0.1) is 0 Å². The first kappa shape index (κ1) is 20.9. The molecule has 0 spiro atoms. The summed E-state index contributed by atoms with van der Waals surface area (Å²) in [5.74, 6) is 0.489. The smallest absolute Gasteiger partial charge is 0.320 e. The second kappa shape index (κ2) is 8.65. The number of hydrogen-bond donors (Lipinski definition) is 4. The van der Waals surface area contributed by atoms with Crippen molar-refractivity contribution in [3.8, 4) is 0 Å². The highest BCUT2D eigenvalue weighted by atomic mass is 16.2. The van der Waals surface area contributed by atoms with Crippen LogP contribution in [0.2, 0.25) is 0 Å². The van der Waals surface area contributed by atoms with E-state index in [0.717, 1.165) is 17.7 Å². The van der Waals surface area contributed by atoms with Crippen molar-refractivity contribution in [2.45, 2.75) is 64.8 Å². The molecule has 0 bridgehead atoms. The lowest BCUT2D eigenvalue weighted by atomic mass is 9.92. The zero-order chi connectivity index (χ0) is 21.0. The van der Waals surface area contributed by atoms with Crippen LogP contribution in [0.5, 0.6) is 0 Å². The van der Waals surface area contributed by atoms with Crippen molar-refractivity contribution in [3.63, 3.8) is 0 Å². The van der Waals surface area contributed by atoms with Crippen LogP contribution in [0.1, 0.15) is 58.1 Å². The lowest BCUT2D eigenvalue weighted by Gasteiger charge is -2.32. The van der Waals surface area contributed by atoms with Gasteiger partial charge in [0.15, 0.2) is 6.29 Å². The number of amides is 3. The molecule has 156 valence electrons. The minimum atomic E-state index is -0.512. The average Bonchev–Trinajstić information content (AvgIpc) is 3.11. The summed E-state index contributed by atoms with van der Waals surface area (Å²) in [5, 5.41) is 16.7. The van der Waals surface area contributed by atoms with Gasteiger partial charge in [-0.25, -0.2) is 9.48 Å². The molecule has 29 heavy (non-hydrogen) atoms. The Balaban J connectivity index is 1.78. The topological polar surface area (TPSA) is 100 Å². The van der Waals surface area contributed by atoms with Crippen LogP contribution in [0.3, 0.4) is 0 Å². The molecule has 1 aromatic heterocycles. The molecule has 1 aliphatic heterocycles. The van der Waals surface area contributed by atoms with Crippen molar-refractivity contribution in [2.24, 2.45) is 0 Å². The van der Waals surface area contributed by atoms with E-state index < -0.39 is 6.29 Å². The van der Waals surface area contributed by atoms with Gasteiger partial charge in [0.2, 0.25) is 5.91 Å². The standard InChI is InChI=1S/C21H30N6O2/c1-5-15-11-18(28)25-19(23-15)27-17(12-16(26-27)21(2,3)4)24-20(29)22-13-14-9-7-6-8-10-14/h6-10,12,15,19,23H,5,11,13H2,1-4H3,(H,25,28)(H2,22,24,29). The Labute approximate surface area is 171 Å². The van der Waals surface area contributed by atoms with Gasteiger partial charge in [-0.2, -0.15) is 5.10 Å². The summed E-state index contributed by atoms with van der Waals surface area (Å²) in [6.45, 7) is 8.62. The van der Waals surface area contributed by atoms with Crippen molar-refractivity contribution >= 4 is 17.8 Å². The first-order chi connectivity index (χ1) is 13.8. The molecule has 2 atom stereocenters. The van der Waals surface area contributed by atoms with Crippen LogP contribution < -0.4 is 21.3 Å². The maximum absolute atomic E-state index is 12.5. The van der Waals surface area contributed by atoms with E-state index in [9.17, 15) is 9.59 Å². The van der Waals surface area contributed by atoms with E-state index in [0.29, 0.717) is 18.8 Å². The van der Waals surface area contributed by atoms with Crippen LogP contribution in [-0.2, 0) is 16.8 Å². The SMILES string of the molecule is CCC1CC(=O)NC(n2nc(C(C)(C)C)cc2NC(=O)NCc2ccccc2)N1. The van der Waals surface area contributed by atoms with Crippen LogP contribution in [0.25, 0.3) is 0 Å². The van der Waals surface area contributed by atoms with Crippen LogP contribution in [0.4, 0.5) is 10.6 Å². The number of rotatable bonds is 5. The first-order valence-corrected chi connectivity index (χ1v) is 10.0. The number of benzene rings is 1. The number of carbonyl (C=O) groups excluding carboxylic acids is 2. The van der Waals surface area contributed by atoms with Gasteiger partial charge in [0.1, 0.15) is 5.82 Å². The second-order valence-corrected chi connectivity index (χ2v) is 8.35. The Morgan fingerprint density at radius 1 is 1.28 bits per heavy atom. The number of urea groups is 1. The van der Waals surface area contributed by atoms with Gasteiger partial charge < -0.3 is 10.6 Å². The quantitative estimate of drug-likeness (QED) is 0.622. The number of anilines is 1. The van der Waals surface area contributed by atoms with Crippen molar-refractivity contribution in [3.05, 3.63) is 47.7 Å². The van der Waals surface area contributed by atoms with Crippen molar-refractivity contribution < 1.29 is 9.59 Å². The highest BCUT2D eigenvalue weighted by Gasteiger charge is 2.30. The summed E-state index contributed by atoms with van der Waals surface area (Å²) in [5.41, 5.74) is 1.63. The Hall–Kier alpha value is -2.87. The number of carbonyl (C=O) groups is 2. The number of nitrogens with zero attached hydrogens (tertiary/aromatic N) is 2.